The highest BCUT2D eigenvalue weighted by Crippen LogP contribution is 2.29. The van der Waals surface area contributed by atoms with E-state index in [2.05, 4.69) is 6.07 Å². The first-order valence-electron chi connectivity index (χ1n) is 6.55. The zero-order valence-corrected chi connectivity index (χ0v) is 12.4. The van der Waals surface area contributed by atoms with Crippen LogP contribution in [0.25, 0.3) is 5.57 Å². The molecule has 108 valence electrons. The first-order chi connectivity index (χ1) is 10.1. The Bertz CT molecular complexity index is 667. The molecule has 0 radical (unpaired) electrons. The number of nitriles is 1. The molecule has 2 amide bonds. The summed E-state index contributed by atoms with van der Waals surface area (Å²) in [6, 6.07) is 5.02. The molecular weight excluding hydrogens is 286 g/mol. The van der Waals surface area contributed by atoms with Crippen molar-refractivity contribution in [1.82, 2.24) is 4.90 Å². The lowest BCUT2D eigenvalue weighted by Crippen LogP contribution is -2.44. The molecule has 1 aromatic rings. The number of allylic oxidation sites excluding steroid dienone is 2. The Balaban J connectivity index is 2.22. The van der Waals surface area contributed by atoms with Crippen molar-refractivity contribution >= 4 is 28.7 Å². The average molecular weight is 301 g/mol. The predicted molar refractivity (Wildman–Crippen MR) is 80.9 cm³/mol. The molecule has 0 fully saturated rings. The molecule has 6 heteroatoms. The van der Waals surface area contributed by atoms with E-state index in [0.717, 1.165) is 10.5 Å². The van der Waals surface area contributed by atoms with E-state index in [-0.39, 0.29) is 12.3 Å². The van der Waals surface area contributed by atoms with Crippen LogP contribution in [0, 0.1) is 11.3 Å². The van der Waals surface area contributed by atoms with Gasteiger partial charge in [0.05, 0.1) is 6.42 Å². The van der Waals surface area contributed by atoms with Gasteiger partial charge in [0.15, 0.2) is 0 Å². The molecular formula is C15H15N3O2S. The van der Waals surface area contributed by atoms with Crippen LogP contribution in [0.5, 0.6) is 0 Å². The lowest BCUT2D eigenvalue weighted by atomic mass is 10.1. The number of carbonyl (C=O) groups excluding carboxylic acids is 2. The lowest BCUT2D eigenvalue weighted by Gasteiger charge is -2.24. The van der Waals surface area contributed by atoms with Crippen LogP contribution in [0.4, 0.5) is 0 Å². The number of hydrogen-bond acceptors (Lipinski definition) is 4. The molecule has 2 heterocycles. The van der Waals surface area contributed by atoms with Crippen LogP contribution in [0.2, 0.25) is 0 Å². The van der Waals surface area contributed by atoms with Gasteiger partial charge < -0.3 is 10.6 Å². The lowest BCUT2D eigenvalue weighted by molar-refractivity contribution is -0.135. The van der Waals surface area contributed by atoms with Crippen molar-refractivity contribution in [3.8, 4) is 6.07 Å². The van der Waals surface area contributed by atoms with Crippen molar-refractivity contribution < 1.29 is 9.59 Å². The second-order valence-electron chi connectivity index (χ2n) is 4.61. The van der Waals surface area contributed by atoms with Gasteiger partial charge in [-0.2, -0.15) is 5.26 Å². The van der Waals surface area contributed by atoms with Crippen molar-refractivity contribution in [3.05, 3.63) is 40.2 Å². The second kappa shape index (κ2) is 6.37. The third kappa shape index (κ3) is 3.20. The minimum Gasteiger partial charge on any atom is -0.368 e. The van der Waals surface area contributed by atoms with Gasteiger partial charge in [-0.05, 0) is 30.2 Å². The molecule has 1 atom stereocenters. The summed E-state index contributed by atoms with van der Waals surface area (Å²) in [7, 11) is 0. The monoisotopic (exact) mass is 301 g/mol. The molecule has 0 bridgehead atoms. The number of hydrogen-bond donors (Lipinski definition) is 1. The van der Waals surface area contributed by atoms with Crippen LogP contribution in [0.15, 0.2) is 30.5 Å². The van der Waals surface area contributed by atoms with Crippen LogP contribution in [0.1, 0.15) is 29.5 Å². The summed E-state index contributed by atoms with van der Waals surface area (Å²) >= 11 is 1.35. The third-order valence-electron chi connectivity index (χ3n) is 3.26. The predicted octanol–water partition coefficient (Wildman–Crippen LogP) is 2.01. The maximum Gasteiger partial charge on any atom is 0.240 e. The summed E-state index contributed by atoms with van der Waals surface area (Å²) in [6.07, 6.45) is 5.81. The van der Waals surface area contributed by atoms with E-state index in [1.54, 1.807) is 18.3 Å². The molecule has 1 unspecified atom stereocenters. The van der Waals surface area contributed by atoms with E-state index in [4.69, 9.17) is 11.0 Å². The van der Waals surface area contributed by atoms with Crippen molar-refractivity contribution in [1.29, 1.82) is 5.26 Å². The number of carbonyl (C=O) groups is 2. The first-order valence-corrected chi connectivity index (χ1v) is 7.36. The Morgan fingerprint density at radius 3 is 2.90 bits per heavy atom. The molecule has 1 aromatic heterocycles. The van der Waals surface area contributed by atoms with E-state index < -0.39 is 11.9 Å². The highest BCUT2D eigenvalue weighted by Gasteiger charge is 2.26. The van der Waals surface area contributed by atoms with E-state index in [1.165, 1.54) is 16.2 Å². The van der Waals surface area contributed by atoms with Crippen molar-refractivity contribution in [2.24, 2.45) is 5.73 Å². The molecule has 2 N–H and O–H groups in total. The van der Waals surface area contributed by atoms with Gasteiger partial charge in [0.1, 0.15) is 17.0 Å². The second-order valence-corrected chi connectivity index (χ2v) is 5.70. The third-order valence-corrected chi connectivity index (χ3v) is 4.32. The van der Waals surface area contributed by atoms with Crippen LogP contribution in [-0.4, -0.2) is 22.8 Å². The van der Waals surface area contributed by atoms with Crippen LogP contribution >= 0.6 is 11.3 Å². The molecule has 2 rings (SSSR count). The minimum atomic E-state index is -0.625. The summed E-state index contributed by atoms with van der Waals surface area (Å²) < 4.78 is 0. The van der Waals surface area contributed by atoms with Crippen LogP contribution < -0.4 is 5.73 Å². The Morgan fingerprint density at radius 1 is 1.57 bits per heavy atom. The SMILES string of the molecule is CCC(C(N)=O)N1C=CC=C(c2ccc(C#N)s2)CC1=O. The largest absolute Gasteiger partial charge is 0.368 e. The number of nitrogens with two attached hydrogens (primary N) is 1. The standard InChI is InChI=1S/C15H15N3O2S/c1-2-12(15(17)20)18-7-3-4-10(8-14(18)19)13-6-5-11(9-16)21-13/h3-7,12H,2,8H2,1H3,(H2,17,20). The summed E-state index contributed by atoms with van der Waals surface area (Å²) in [4.78, 5) is 26.7. The van der Waals surface area contributed by atoms with Gasteiger partial charge in [0.25, 0.3) is 0 Å². The first kappa shape index (κ1) is 15.0. The van der Waals surface area contributed by atoms with E-state index >= 15 is 0 Å². The van der Waals surface area contributed by atoms with Crippen LogP contribution in [-0.2, 0) is 9.59 Å². The molecule has 0 saturated heterocycles. The molecule has 21 heavy (non-hydrogen) atoms. The molecule has 1 aliphatic heterocycles. The van der Waals surface area contributed by atoms with Gasteiger partial charge in [-0.1, -0.05) is 13.0 Å². The van der Waals surface area contributed by atoms with Gasteiger partial charge >= 0.3 is 0 Å². The molecule has 5 nitrogen and oxygen atoms in total. The topological polar surface area (TPSA) is 87.2 Å². The summed E-state index contributed by atoms with van der Waals surface area (Å²) in [5.41, 5.74) is 6.18. The van der Waals surface area contributed by atoms with Gasteiger partial charge in [0, 0.05) is 11.1 Å². The zero-order chi connectivity index (χ0) is 15.4. The number of amides is 2. The zero-order valence-electron chi connectivity index (χ0n) is 11.6. The normalized spacial score (nSPS) is 16.1. The number of primary amides is 1. The fourth-order valence-electron chi connectivity index (χ4n) is 2.20. The quantitative estimate of drug-likeness (QED) is 0.922. The Kier molecular flexibility index (Phi) is 4.55. The Morgan fingerprint density at radius 2 is 2.33 bits per heavy atom. The maximum atomic E-state index is 12.3. The van der Waals surface area contributed by atoms with Crippen molar-refractivity contribution in [2.45, 2.75) is 25.8 Å². The van der Waals surface area contributed by atoms with Gasteiger partial charge in [-0.25, -0.2) is 0 Å². The molecule has 1 aliphatic rings. The molecule has 0 spiro atoms. The Hall–Kier alpha value is -2.39. The fourth-order valence-corrected chi connectivity index (χ4v) is 3.03. The number of nitrogens with zero attached hydrogens (tertiary/aromatic N) is 2. The summed E-state index contributed by atoms with van der Waals surface area (Å²) in [6.45, 7) is 1.81. The van der Waals surface area contributed by atoms with Gasteiger partial charge in [0.2, 0.25) is 11.8 Å². The van der Waals surface area contributed by atoms with Crippen molar-refractivity contribution in [2.75, 3.05) is 0 Å². The van der Waals surface area contributed by atoms with E-state index in [0.29, 0.717) is 11.3 Å². The molecule has 0 saturated carbocycles. The average Bonchev–Trinajstić information content (AvgIpc) is 2.85. The maximum absolute atomic E-state index is 12.3. The highest BCUT2D eigenvalue weighted by molar-refractivity contribution is 7.13. The summed E-state index contributed by atoms with van der Waals surface area (Å²) in [5.74, 6) is -0.686. The van der Waals surface area contributed by atoms with Crippen LogP contribution in [0.3, 0.4) is 0 Å². The van der Waals surface area contributed by atoms with Crippen molar-refractivity contribution in [3.63, 3.8) is 0 Å². The molecule has 0 aromatic carbocycles. The molecule has 0 aliphatic carbocycles. The van der Waals surface area contributed by atoms with E-state index in [1.807, 2.05) is 19.1 Å². The smallest absolute Gasteiger partial charge is 0.240 e. The Labute approximate surface area is 127 Å². The fraction of sp³-hybridized carbons (Fsp3) is 0.267. The minimum absolute atomic E-state index is 0.174. The summed E-state index contributed by atoms with van der Waals surface area (Å²) in [5, 5.41) is 8.87. The van der Waals surface area contributed by atoms with Gasteiger partial charge in [-0.15, -0.1) is 11.3 Å². The number of thiophene rings is 1. The highest BCUT2D eigenvalue weighted by atomic mass is 32.1. The number of rotatable bonds is 4. The van der Waals surface area contributed by atoms with E-state index in [9.17, 15) is 9.59 Å². The van der Waals surface area contributed by atoms with Gasteiger partial charge in [-0.3, -0.25) is 9.59 Å².